The van der Waals surface area contributed by atoms with E-state index < -0.39 is 43.3 Å². The molecule has 40 heavy (non-hydrogen) atoms. The third kappa shape index (κ3) is 4.54. The van der Waals surface area contributed by atoms with Gasteiger partial charge in [-0.1, -0.05) is 17.5 Å². The van der Waals surface area contributed by atoms with E-state index in [1.54, 1.807) is 16.8 Å². The van der Waals surface area contributed by atoms with E-state index in [1.807, 2.05) is 0 Å². The van der Waals surface area contributed by atoms with E-state index in [0.29, 0.717) is 30.5 Å². The lowest BCUT2D eigenvalue weighted by molar-refractivity contribution is -0.157. The summed E-state index contributed by atoms with van der Waals surface area (Å²) in [6.45, 7) is -3.67. The lowest BCUT2D eigenvalue weighted by Gasteiger charge is -2.24. The zero-order chi connectivity index (χ0) is 27.6. The average molecular weight is 594 g/mol. The summed E-state index contributed by atoms with van der Waals surface area (Å²) in [5, 5.41) is 8.33. The minimum absolute atomic E-state index is 0.0386. The Morgan fingerprint density at radius 2 is 2.02 bits per heavy atom. The molecule has 0 aromatic carbocycles. The number of anilines is 1. The van der Waals surface area contributed by atoms with Crippen LogP contribution >= 0.6 is 19.0 Å². The van der Waals surface area contributed by atoms with Gasteiger partial charge in [-0.15, -0.1) is 5.10 Å². The van der Waals surface area contributed by atoms with Crippen LogP contribution in [-0.4, -0.2) is 71.2 Å². The highest BCUT2D eigenvalue weighted by atomic mass is 32.7. The van der Waals surface area contributed by atoms with E-state index in [-0.39, 0.29) is 41.6 Å². The number of ether oxygens (including phenoxy) is 3. The molecule has 17 nitrogen and oxygen atoms in total. The maximum Gasteiger partial charge on any atom is 0.386 e. The van der Waals surface area contributed by atoms with Gasteiger partial charge < -0.3 is 29.5 Å². The van der Waals surface area contributed by atoms with Gasteiger partial charge in [-0.05, 0) is 24.8 Å². The van der Waals surface area contributed by atoms with Crippen molar-refractivity contribution in [2.24, 2.45) is 5.92 Å². The average Bonchev–Trinajstić information content (AvgIpc) is 3.67. The molecule has 2 unspecified atom stereocenters. The molecular weight excluding hydrogens is 569 g/mol. The fourth-order valence-corrected chi connectivity index (χ4v) is 6.91. The van der Waals surface area contributed by atoms with Crippen LogP contribution in [0.15, 0.2) is 28.2 Å². The number of hydrogen-bond donors (Lipinski definition) is 4. The van der Waals surface area contributed by atoms with Crippen LogP contribution in [0.25, 0.3) is 22.2 Å². The van der Waals surface area contributed by atoms with Crippen molar-refractivity contribution in [1.82, 2.24) is 39.5 Å². The molecule has 0 spiro atoms. The Balaban J connectivity index is 1.13. The summed E-state index contributed by atoms with van der Waals surface area (Å²) in [5.41, 5.74) is 5.43. The molecule has 0 radical (unpaired) electrons. The van der Waals surface area contributed by atoms with Crippen molar-refractivity contribution < 1.29 is 27.8 Å². The van der Waals surface area contributed by atoms with Crippen LogP contribution in [-0.2, 0) is 27.8 Å². The van der Waals surface area contributed by atoms with Gasteiger partial charge in [0.15, 0.2) is 23.7 Å². The third-order valence-electron chi connectivity index (χ3n) is 7.28. The Bertz CT molecular complexity index is 1760. The van der Waals surface area contributed by atoms with Gasteiger partial charge in [0.2, 0.25) is 5.95 Å². The summed E-state index contributed by atoms with van der Waals surface area (Å²) < 4.78 is 46.3. The number of nitrogens with one attached hydrogen (secondary N) is 2. The van der Waals surface area contributed by atoms with Crippen molar-refractivity contribution in [2.75, 3.05) is 18.9 Å². The molecule has 3 aliphatic heterocycles. The SMILES string of the molecule is Nc1nc2c(nnn2[C@@H]2OC3C[C@H]2OP(=O)(S)OC[C@H]2O[C@@H](n4ccc5c(=O)[nH]cnc54)C[C@@H]2CCO3)c(=O)[nH]1. The molecule has 0 saturated carbocycles. The van der Waals surface area contributed by atoms with Gasteiger partial charge in [-0.3, -0.25) is 23.6 Å². The van der Waals surface area contributed by atoms with Crippen LogP contribution < -0.4 is 16.9 Å². The summed E-state index contributed by atoms with van der Waals surface area (Å²) >= 11 is 4.20. The molecule has 212 valence electrons. The first-order valence-electron chi connectivity index (χ1n) is 12.5. The molecule has 3 saturated heterocycles. The zero-order valence-corrected chi connectivity index (χ0v) is 22.4. The number of fused-ring (bicyclic) bond motifs is 5. The first-order valence-corrected chi connectivity index (χ1v) is 15.2. The van der Waals surface area contributed by atoms with Crippen molar-refractivity contribution >= 4 is 47.2 Å². The second kappa shape index (κ2) is 9.76. The second-order valence-corrected chi connectivity index (χ2v) is 12.6. The molecule has 7 heterocycles. The molecule has 0 amide bonds. The summed E-state index contributed by atoms with van der Waals surface area (Å²) in [6, 6.07) is 1.69. The summed E-state index contributed by atoms with van der Waals surface area (Å²) in [6.07, 6.45) is 0.950. The molecule has 4 aromatic heterocycles. The van der Waals surface area contributed by atoms with Crippen LogP contribution in [0.2, 0.25) is 0 Å². The molecule has 19 heteroatoms. The molecule has 2 bridgehead atoms. The molecule has 0 aliphatic carbocycles. The monoisotopic (exact) mass is 593 g/mol. The fourth-order valence-electron chi connectivity index (χ4n) is 5.42. The van der Waals surface area contributed by atoms with E-state index in [1.165, 1.54) is 11.0 Å². The summed E-state index contributed by atoms with van der Waals surface area (Å²) in [7, 11) is 0. The van der Waals surface area contributed by atoms with E-state index in [9.17, 15) is 14.2 Å². The van der Waals surface area contributed by atoms with Crippen molar-refractivity contribution in [3.63, 3.8) is 0 Å². The van der Waals surface area contributed by atoms with Crippen LogP contribution in [0.5, 0.6) is 0 Å². The smallest absolute Gasteiger partial charge is 0.369 e. The minimum atomic E-state index is -3.94. The van der Waals surface area contributed by atoms with Crippen molar-refractivity contribution in [2.45, 2.75) is 50.2 Å². The molecule has 3 fully saturated rings. The number of nitrogens with zero attached hydrogens (tertiary/aromatic N) is 6. The van der Waals surface area contributed by atoms with Gasteiger partial charge in [0, 0.05) is 12.6 Å². The number of nitrogens with two attached hydrogens (primary N) is 1. The van der Waals surface area contributed by atoms with Crippen molar-refractivity contribution in [1.29, 1.82) is 0 Å². The third-order valence-corrected chi connectivity index (χ3v) is 8.92. The van der Waals surface area contributed by atoms with E-state index in [0.717, 1.165) is 0 Å². The summed E-state index contributed by atoms with van der Waals surface area (Å²) in [5.74, 6) is -0.165. The van der Waals surface area contributed by atoms with Gasteiger partial charge in [0.05, 0.1) is 31.0 Å². The highest BCUT2D eigenvalue weighted by Gasteiger charge is 2.45. The van der Waals surface area contributed by atoms with Crippen LogP contribution in [0.1, 0.15) is 31.7 Å². The predicted octanol–water partition coefficient (Wildman–Crippen LogP) is 0.844. The Morgan fingerprint density at radius 1 is 1.15 bits per heavy atom. The van der Waals surface area contributed by atoms with Gasteiger partial charge in [0.25, 0.3) is 11.1 Å². The topological polar surface area (TPSA) is 216 Å². The Kier molecular flexibility index (Phi) is 6.30. The predicted molar refractivity (Wildman–Crippen MR) is 139 cm³/mol. The number of H-pyrrole nitrogens is 2. The van der Waals surface area contributed by atoms with Gasteiger partial charge in [-0.25, -0.2) is 9.55 Å². The molecule has 7 atom stereocenters. The fraction of sp³-hybridized carbons (Fsp3) is 0.524. The van der Waals surface area contributed by atoms with Gasteiger partial charge in [-0.2, -0.15) is 9.67 Å². The lowest BCUT2D eigenvalue weighted by atomic mass is 9.98. The number of thiol groups is 1. The molecule has 4 N–H and O–H groups in total. The normalized spacial score (nSPS) is 33.1. The Morgan fingerprint density at radius 3 is 2.90 bits per heavy atom. The number of aromatic amines is 2. The highest BCUT2D eigenvalue weighted by Crippen LogP contribution is 2.57. The molecule has 7 rings (SSSR count). The number of aromatic nitrogens is 8. The number of rotatable bonds is 2. The van der Waals surface area contributed by atoms with E-state index in [4.69, 9.17) is 29.0 Å². The van der Waals surface area contributed by atoms with Crippen LogP contribution in [0.3, 0.4) is 0 Å². The zero-order valence-electron chi connectivity index (χ0n) is 20.7. The maximum absolute atomic E-state index is 13.3. The standard InChI is InChI=1S/C21H24N9O8PS/c22-21-25-17-15(19(32)26-21)27-28-30(17)20-11-6-14(37-20)34-4-2-9-5-13(36-12(9)7-35-39(33,40)38-11)29-3-1-10-16(29)23-8-24-18(10)31/h1,3,8-9,11-14,20H,2,4-7H2,(H,33,40)(H,23,24,31)(H3,22,25,26,32)/t9-,11+,12+,13+,14?,20+,39?/m0/s1. The maximum atomic E-state index is 13.3. The van der Waals surface area contributed by atoms with E-state index in [2.05, 4.69) is 42.5 Å². The number of nitrogen functional groups attached to an aromatic ring is 1. The largest absolute Gasteiger partial charge is 0.386 e. The van der Waals surface area contributed by atoms with Crippen LogP contribution in [0.4, 0.5) is 5.95 Å². The quantitative estimate of drug-likeness (QED) is 0.187. The molecule has 4 aromatic rings. The van der Waals surface area contributed by atoms with Gasteiger partial charge >= 0.3 is 6.80 Å². The second-order valence-electron chi connectivity index (χ2n) is 9.73. The van der Waals surface area contributed by atoms with Crippen molar-refractivity contribution in [3.8, 4) is 0 Å². The molecular formula is C21H24N9O8PS. The first kappa shape index (κ1) is 25.8. The summed E-state index contributed by atoms with van der Waals surface area (Å²) in [4.78, 5) is 37.7. The van der Waals surface area contributed by atoms with Gasteiger partial charge in [0.1, 0.15) is 18.0 Å². The number of hydrogen-bond acceptors (Lipinski definition) is 13. The van der Waals surface area contributed by atoms with Crippen LogP contribution in [0, 0.1) is 5.92 Å². The first-order chi connectivity index (χ1) is 19.3. The van der Waals surface area contributed by atoms with Crippen molar-refractivity contribution in [3.05, 3.63) is 39.3 Å². The van der Waals surface area contributed by atoms with E-state index >= 15 is 0 Å². The Labute approximate surface area is 229 Å². The minimum Gasteiger partial charge on any atom is -0.369 e. The lowest BCUT2D eigenvalue weighted by Crippen LogP contribution is -2.26. The molecule has 3 aliphatic rings. The Hall–Kier alpha value is -3.12. The highest BCUT2D eigenvalue weighted by molar-refractivity contribution is 8.44.